The second-order valence-electron chi connectivity index (χ2n) is 5.52. The van der Waals surface area contributed by atoms with Gasteiger partial charge in [-0.2, -0.15) is 5.10 Å². The Hall–Kier alpha value is -0.870. The van der Waals surface area contributed by atoms with Crippen molar-refractivity contribution in [3.8, 4) is 0 Å². The zero-order valence-corrected chi connectivity index (χ0v) is 11.5. The summed E-state index contributed by atoms with van der Waals surface area (Å²) in [5.74, 6) is 0.531. The van der Waals surface area contributed by atoms with Crippen LogP contribution >= 0.6 is 0 Å². The van der Waals surface area contributed by atoms with Crippen LogP contribution in [0.25, 0.3) is 0 Å². The molecule has 0 aromatic carbocycles. The van der Waals surface area contributed by atoms with Crippen molar-refractivity contribution in [3.63, 3.8) is 0 Å². The lowest BCUT2D eigenvalue weighted by atomic mass is 10.1. The third-order valence-corrected chi connectivity index (χ3v) is 3.35. The lowest BCUT2D eigenvalue weighted by Crippen LogP contribution is -2.37. The molecule has 0 saturated heterocycles. The molecule has 4 heteroatoms. The number of likely N-dealkylation sites (N-methyl/N-ethyl adjacent to an activating group) is 1. The van der Waals surface area contributed by atoms with Crippen molar-refractivity contribution in [1.82, 2.24) is 19.6 Å². The van der Waals surface area contributed by atoms with Crippen LogP contribution in [0.4, 0.5) is 0 Å². The second-order valence-corrected chi connectivity index (χ2v) is 5.52. The molecule has 4 nitrogen and oxygen atoms in total. The summed E-state index contributed by atoms with van der Waals surface area (Å²) in [6, 6.07) is 2.27. The van der Waals surface area contributed by atoms with Crippen LogP contribution in [0.15, 0.2) is 6.07 Å². The Morgan fingerprint density at radius 1 is 1.35 bits per heavy atom. The molecular weight excluding hydrogens is 212 g/mol. The van der Waals surface area contributed by atoms with Crippen LogP contribution in [0.1, 0.15) is 31.2 Å². The van der Waals surface area contributed by atoms with Crippen molar-refractivity contribution in [2.75, 3.05) is 33.7 Å². The van der Waals surface area contributed by atoms with Gasteiger partial charge in [0.25, 0.3) is 0 Å². The van der Waals surface area contributed by atoms with Crippen LogP contribution in [0.3, 0.4) is 0 Å². The van der Waals surface area contributed by atoms with Crippen LogP contribution in [0.5, 0.6) is 0 Å². The third-order valence-electron chi connectivity index (χ3n) is 3.35. The molecule has 0 radical (unpaired) electrons. The van der Waals surface area contributed by atoms with E-state index in [-0.39, 0.29) is 0 Å². The first-order chi connectivity index (χ1) is 8.06. The fourth-order valence-electron chi connectivity index (χ4n) is 2.16. The van der Waals surface area contributed by atoms with E-state index in [1.807, 2.05) is 0 Å². The van der Waals surface area contributed by atoms with Crippen LogP contribution in [-0.2, 0) is 13.1 Å². The van der Waals surface area contributed by atoms with Gasteiger partial charge in [-0.25, -0.2) is 0 Å². The third kappa shape index (κ3) is 3.07. The molecule has 0 unspecified atom stereocenters. The van der Waals surface area contributed by atoms with E-state index < -0.39 is 0 Å². The number of rotatable bonds is 4. The molecule has 0 spiro atoms. The van der Waals surface area contributed by atoms with Gasteiger partial charge in [-0.3, -0.25) is 9.58 Å². The maximum absolute atomic E-state index is 4.66. The van der Waals surface area contributed by atoms with E-state index in [4.69, 9.17) is 0 Å². The van der Waals surface area contributed by atoms with Crippen LogP contribution in [0.2, 0.25) is 0 Å². The zero-order valence-electron chi connectivity index (χ0n) is 11.5. The Bertz CT molecular complexity index is 367. The van der Waals surface area contributed by atoms with Gasteiger partial charge in [0.2, 0.25) is 0 Å². The highest BCUT2D eigenvalue weighted by atomic mass is 15.3. The molecule has 1 aromatic heterocycles. The minimum absolute atomic E-state index is 0.531. The number of hydrogen-bond acceptors (Lipinski definition) is 3. The normalized spacial score (nSPS) is 16.8. The molecule has 1 aliphatic heterocycles. The molecule has 0 saturated carbocycles. The predicted octanol–water partition coefficient (Wildman–Crippen LogP) is 1.38. The summed E-state index contributed by atoms with van der Waals surface area (Å²) in [6.07, 6.45) is 0. The Balaban J connectivity index is 1.98. The maximum Gasteiger partial charge on any atom is 0.0653 e. The standard InChI is InChI=1S/C13H24N4/c1-11(2)13-9-12-10-16(6-5-15(3)4)7-8-17(12)14-13/h9,11H,5-8,10H2,1-4H3. The lowest BCUT2D eigenvalue weighted by molar-refractivity contribution is 0.193. The first kappa shape index (κ1) is 12.6. The van der Waals surface area contributed by atoms with Crippen LogP contribution < -0.4 is 0 Å². The molecule has 1 aliphatic rings. The Kier molecular flexibility index (Phi) is 3.84. The van der Waals surface area contributed by atoms with Gasteiger partial charge < -0.3 is 4.90 Å². The molecule has 0 bridgehead atoms. The SMILES string of the molecule is CC(C)c1cc2n(n1)CCN(CCN(C)C)C2. The van der Waals surface area contributed by atoms with Gasteiger partial charge in [0.1, 0.15) is 0 Å². The van der Waals surface area contributed by atoms with Crippen molar-refractivity contribution >= 4 is 0 Å². The topological polar surface area (TPSA) is 24.3 Å². The summed E-state index contributed by atoms with van der Waals surface area (Å²) in [7, 11) is 4.26. The van der Waals surface area contributed by atoms with Gasteiger partial charge in [-0.05, 0) is 26.1 Å². The molecule has 0 fully saturated rings. The van der Waals surface area contributed by atoms with E-state index >= 15 is 0 Å². The largest absolute Gasteiger partial charge is 0.308 e. The summed E-state index contributed by atoms with van der Waals surface area (Å²) in [6.45, 7) is 9.90. The Labute approximate surface area is 104 Å². The van der Waals surface area contributed by atoms with Crippen molar-refractivity contribution in [3.05, 3.63) is 17.5 Å². The summed E-state index contributed by atoms with van der Waals surface area (Å²) in [5, 5.41) is 4.66. The van der Waals surface area contributed by atoms with Gasteiger partial charge in [-0.1, -0.05) is 13.8 Å². The van der Waals surface area contributed by atoms with Gasteiger partial charge in [-0.15, -0.1) is 0 Å². The minimum Gasteiger partial charge on any atom is -0.308 e. The van der Waals surface area contributed by atoms with Crippen molar-refractivity contribution in [1.29, 1.82) is 0 Å². The fraction of sp³-hybridized carbons (Fsp3) is 0.769. The number of hydrogen-bond donors (Lipinski definition) is 0. The highest BCUT2D eigenvalue weighted by Crippen LogP contribution is 2.18. The van der Waals surface area contributed by atoms with E-state index in [1.165, 1.54) is 11.4 Å². The summed E-state index contributed by atoms with van der Waals surface area (Å²) >= 11 is 0. The lowest BCUT2D eigenvalue weighted by Gasteiger charge is -2.28. The molecule has 96 valence electrons. The first-order valence-electron chi connectivity index (χ1n) is 6.50. The minimum atomic E-state index is 0.531. The molecule has 0 N–H and O–H groups in total. The monoisotopic (exact) mass is 236 g/mol. The summed E-state index contributed by atoms with van der Waals surface area (Å²) in [5.41, 5.74) is 2.60. The quantitative estimate of drug-likeness (QED) is 0.789. The number of nitrogens with zero attached hydrogens (tertiary/aromatic N) is 4. The van der Waals surface area contributed by atoms with E-state index in [9.17, 15) is 0 Å². The fourth-order valence-corrected chi connectivity index (χ4v) is 2.16. The summed E-state index contributed by atoms with van der Waals surface area (Å²) in [4.78, 5) is 4.76. The van der Waals surface area contributed by atoms with Gasteiger partial charge in [0.15, 0.2) is 0 Å². The smallest absolute Gasteiger partial charge is 0.0653 e. The number of fused-ring (bicyclic) bond motifs is 1. The first-order valence-corrected chi connectivity index (χ1v) is 6.50. The van der Waals surface area contributed by atoms with Crippen LogP contribution in [0, 0.1) is 0 Å². The molecule has 17 heavy (non-hydrogen) atoms. The van der Waals surface area contributed by atoms with Crippen LogP contribution in [-0.4, -0.2) is 53.3 Å². The Morgan fingerprint density at radius 2 is 2.12 bits per heavy atom. The second kappa shape index (κ2) is 5.19. The average molecular weight is 236 g/mol. The van der Waals surface area contributed by atoms with E-state index in [0.29, 0.717) is 5.92 Å². The van der Waals surface area contributed by atoms with Gasteiger partial charge in [0.05, 0.1) is 17.9 Å². The molecule has 0 amide bonds. The average Bonchev–Trinajstić information content (AvgIpc) is 2.69. The highest BCUT2D eigenvalue weighted by Gasteiger charge is 2.18. The van der Waals surface area contributed by atoms with Crippen molar-refractivity contribution in [2.45, 2.75) is 32.9 Å². The Morgan fingerprint density at radius 3 is 2.76 bits per heavy atom. The summed E-state index contributed by atoms with van der Waals surface area (Å²) < 4.78 is 2.18. The van der Waals surface area contributed by atoms with Crippen molar-refractivity contribution < 1.29 is 0 Å². The van der Waals surface area contributed by atoms with E-state index in [1.54, 1.807) is 0 Å². The molecule has 2 rings (SSSR count). The van der Waals surface area contributed by atoms with Gasteiger partial charge in [0, 0.05) is 26.2 Å². The van der Waals surface area contributed by atoms with Gasteiger partial charge >= 0.3 is 0 Å². The molecule has 2 heterocycles. The van der Waals surface area contributed by atoms with E-state index in [0.717, 1.165) is 32.7 Å². The molecule has 0 atom stereocenters. The van der Waals surface area contributed by atoms with Crippen molar-refractivity contribution in [2.24, 2.45) is 0 Å². The molecule has 1 aromatic rings. The highest BCUT2D eigenvalue weighted by molar-refractivity contribution is 5.14. The maximum atomic E-state index is 4.66. The molecule has 0 aliphatic carbocycles. The number of aromatic nitrogens is 2. The molecular formula is C13H24N4. The van der Waals surface area contributed by atoms with E-state index in [2.05, 4.69) is 53.6 Å². The predicted molar refractivity (Wildman–Crippen MR) is 70.1 cm³/mol. The zero-order chi connectivity index (χ0) is 12.4.